The van der Waals surface area contributed by atoms with Crippen molar-refractivity contribution >= 4 is 32.2 Å². The van der Waals surface area contributed by atoms with Gasteiger partial charge in [0.1, 0.15) is 11.4 Å². The molecule has 46 heavy (non-hydrogen) atoms. The standard InChI is InChI=1S/C21H31F3O7S.C10H14O3S/c1-5-17(2,3)15(25)31-20-9-13-6-14(10-20)8-19(7-13,11-20)16(26)30-18(4,21(22,23)24)12-32(27,28)29;1-3-8(2)9-4-6-10(7-5-9)14(11,12)13/h13-14H,5-12H2,1-4H3,(H,27,28,29);4-8H,3H2,1-2H3,(H,11,12,13). The van der Waals surface area contributed by atoms with Crippen molar-refractivity contribution in [1.29, 1.82) is 0 Å². The highest BCUT2D eigenvalue weighted by Gasteiger charge is 2.66. The second-order valence-corrected chi connectivity index (χ2v) is 17.1. The fourth-order valence-corrected chi connectivity index (χ4v) is 8.45. The molecule has 4 aliphatic rings. The Bertz CT molecular complexity index is 1490. The molecule has 4 fully saturated rings. The largest absolute Gasteiger partial charge is 0.459 e. The molecule has 4 atom stereocenters. The summed E-state index contributed by atoms with van der Waals surface area (Å²) in [5.41, 5.74) is -5.27. The van der Waals surface area contributed by atoms with Gasteiger partial charge in [0.25, 0.3) is 20.2 Å². The van der Waals surface area contributed by atoms with Crippen LogP contribution in [-0.4, -0.2) is 61.0 Å². The second kappa shape index (κ2) is 13.0. The number of carbonyl (C=O) groups is 2. The predicted molar refractivity (Wildman–Crippen MR) is 162 cm³/mol. The molecule has 0 heterocycles. The fraction of sp³-hybridized carbons (Fsp3) is 0.742. The van der Waals surface area contributed by atoms with Gasteiger partial charge in [-0.15, -0.1) is 0 Å². The minimum absolute atomic E-state index is 0.0000519. The lowest BCUT2D eigenvalue weighted by Crippen LogP contribution is -2.62. The van der Waals surface area contributed by atoms with E-state index in [0.29, 0.717) is 44.9 Å². The number of hydrogen-bond acceptors (Lipinski definition) is 8. The van der Waals surface area contributed by atoms with E-state index in [-0.39, 0.29) is 23.2 Å². The fourth-order valence-electron chi connectivity index (χ4n) is 7.05. The summed E-state index contributed by atoms with van der Waals surface area (Å²) in [7, 11) is -9.13. The Morgan fingerprint density at radius 3 is 1.89 bits per heavy atom. The first kappa shape index (κ1) is 38.2. The number of halogens is 3. The van der Waals surface area contributed by atoms with Crippen molar-refractivity contribution in [2.75, 3.05) is 5.75 Å². The number of ether oxygens (including phenoxy) is 2. The number of esters is 2. The molecule has 15 heteroatoms. The van der Waals surface area contributed by atoms with Crippen molar-refractivity contribution in [1.82, 2.24) is 0 Å². The molecule has 0 aliphatic heterocycles. The Balaban J connectivity index is 0.000000344. The molecule has 4 saturated carbocycles. The molecular weight excluding hydrogens is 653 g/mol. The van der Waals surface area contributed by atoms with E-state index in [1.165, 1.54) is 12.1 Å². The smallest absolute Gasteiger partial charge is 0.429 e. The quantitative estimate of drug-likeness (QED) is 0.204. The lowest BCUT2D eigenvalue weighted by molar-refractivity contribution is -0.268. The average molecular weight is 699 g/mol. The Labute approximate surface area is 269 Å². The first-order valence-electron chi connectivity index (χ1n) is 15.4. The van der Waals surface area contributed by atoms with Gasteiger partial charge in [0, 0.05) is 6.42 Å². The van der Waals surface area contributed by atoms with Crippen LogP contribution < -0.4 is 0 Å². The second-order valence-electron chi connectivity index (χ2n) is 14.2. The molecule has 0 saturated heterocycles. The van der Waals surface area contributed by atoms with Gasteiger partial charge in [-0.2, -0.15) is 30.0 Å². The highest BCUT2D eigenvalue weighted by Crippen LogP contribution is 2.64. The van der Waals surface area contributed by atoms with Crippen LogP contribution in [0.1, 0.15) is 104 Å². The van der Waals surface area contributed by atoms with Gasteiger partial charge in [0.2, 0.25) is 5.60 Å². The SMILES string of the molecule is CCC(C)(C)C(=O)OC12CC3CC(C1)CC(C(=O)OC(C)(CS(=O)(=O)O)C(F)(F)F)(C3)C2.CCC(C)c1ccc(S(=O)(=O)O)cc1. The maximum Gasteiger partial charge on any atom is 0.429 e. The van der Waals surface area contributed by atoms with E-state index < -0.39 is 66.1 Å². The van der Waals surface area contributed by atoms with Crippen LogP contribution in [0.5, 0.6) is 0 Å². The van der Waals surface area contributed by atoms with Gasteiger partial charge in [-0.25, -0.2) is 0 Å². The molecule has 10 nitrogen and oxygen atoms in total. The zero-order valence-electron chi connectivity index (χ0n) is 27.0. The van der Waals surface area contributed by atoms with Crippen molar-refractivity contribution in [2.45, 2.75) is 121 Å². The number of benzene rings is 1. The van der Waals surface area contributed by atoms with Crippen molar-refractivity contribution in [3.8, 4) is 0 Å². The summed E-state index contributed by atoms with van der Waals surface area (Å²) >= 11 is 0. The van der Waals surface area contributed by atoms with Crippen molar-refractivity contribution < 1.29 is 58.2 Å². The Kier molecular flexibility index (Phi) is 10.8. The third kappa shape index (κ3) is 8.62. The Hall–Kier alpha value is -2.23. The zero-order valence-corrected chi connectivity index (χ0v) is 28.6. The lowest BCUT2D eigenvalue weighted by Gasteiger charge is -2.60. The van der Waals surface area contributed by atoms with Crippen LogP contribution in [0.4, 0.5) is 13.2 Å². The summed E-state index contributed by atoms with van der Waals surface area (Å²) in [6.45, 7) is 9.95. The van der Waals surface area contributed by atoms with E-state index >= 15 is 0 Å². The van der Waals surface area contributed by atoms with E-state index in [4.69, 9.17) is 18.6 Å². The molecular formula is C31H45F3O10S2. The topological polar surface area (TPSA) is 161 Å². The molecule has 262 valence electrons. The summed E-state index contributed by atoms with van der Waals surface area (Å²) < 4.78 is 114. The van der Waals surface area contributed by atoms with Gasteiger partial charge >= 0.3 is 18.1 Å². The van der Waals surface area contributed by atoms with E-state index in [0.717, 1.165) is 18.4 Å². The van der Waals surface area contributed by atoms with Crippen LogP contribution in [0.2, 0.25) is 0 Å². The molecule has 2 N–H and O–H groups in total. The first-order valence-corrected chi connectivity index (χ1v) is 18.4. The third-order valence-corrected chi connectivity index (χ3v) is 11.7. The normalized spacial score (nSPS) is 28.0. The minimum atomic E-state index is -5.21. The number of alkyl halides is 3. The Morgan fingerprint density at radius 1 is 0.957 bits per heavy atom. The molecule has 4 aliphatic carbocycles. The number of carbonyl (C=O) groups excluding carboxylic acids is 2. The van der Waals surface area contributed by atoms with Gasteiger partial charge in [-0.3, -0.25) is 18.7 Å². The average Bonchev–Trinajstić information content (AvgIpc) is 2.89. The van der Waals surface area contributed by atoms with Crippen LogP contribution in [0.15, 0.2) is 29.2 Å². The van der Waals surface area contributed by atoms with Crippen LogP contribution in [0, 0.1) is 22.7 Å². The van der Waals surface area contributed by atoms with Crippen LogP contribution in [-0.2, 0) is 39.3 Å². The summed E-state index contributed by atoms with van der Waals surface area (Å²) in [4.78, 5) is 25.9. The molecule has 4 unspecified atom stereocenters. The zero-order chi connectivity index (χ0) is 35.1. The number of hydrogen-bond donors (Lipinski definition) is 2. The van der Waals surface area contributed by atoms with Crippen LogP contribution in [0.25, 0.3) is 0 Å². The van der Waals surface area contributed by atoms with E-state index in [1.807, 2.05) is 6.92 Å². The summed E-state index contributed by atoms with van der Waals surface area (Å²) in [6, 6.07) is 6.32. The molecule has 0 amide bonds. The van der Waals surface area contributed by atoms with Crippen LogP contribution in [0.3, 0.4) is 0 Å². The van der Waals surface area contributed by atoms with Gasteiger partial charge < -0.3 is 9.47 Å². The van der Waals surface area contributed by atoms with Gasteiger partial charge in [-0.05, 0) is 101 Å². The van der Waals surface area contributed by atoms with E-state index in [9.17, 15) is 39.6 Å². The third-order valence-electron chi connectivity index (χ3n) is 9.92. The van der Waals surface area contributed by atoms with Crippen molar-refractivity contribution in [2.24, 2.45) is 22.7 Å². The molecule has 5 rings (SSSR count). The minimum Gasteiger partial charge on any atom is -0.459 e. The summed E-state index contributed by atoms with van der Waals surface area (Å²) in [5, 5.41) is 0. The predicted octanol–water partition coefficient (Wildman–Crippen LogP) is 6.50. The molecule has 4 bridgehead atoms. The maximum atomic E-state index is 13.7. The van der Waals surface area contributed by atoms with E-state index in [1.54, 1.807) is 26.0 Å². The molecule has 0 radical (unpaired) electrons. The van der Waals surface area contributed by atoms with Crippen molar-refractivity contribution in [3.63, 3.8) is 0 Å². The van der Waals surface area contributed by atoms with Gasteiger partial charge in [-0.1, -0.05) is 32.9 Å². The summed E-state index contributed by atoms with van der Waals surface area (Å²) in [6.07, 6.45) is -1.11. The van der Waals surface area contributed by atoms with Crippen LogP contribution >= 0.6 is 0 Å². The Morgan fingerprint density at radius 2 is 1.48 bits per heavy atom. The summed E-state index contributed by atoms with van der Waals surface area (Å²) in [5.74, 6) is -2.93. The molecule has 1 aromatic carbocycles. The van der Waals surface area contributed by atoms with Crippen molar-refractivity contribution in [3.05, 3.63) is 29.8 Å². The molecule has 0 spiro atoms. The van der Waals surface area contributed by atoms with E-state index in [2.05, 4.69) is 13.8 Å². The first-order chi connectivity index (χ1) is 20.8. The maximum absolute atomic E-state index is 13.7. The monoisotopic (exact) mass is 698 g/mol. The highest BCUT2D eigenvalue weighted by atomic mass is 32.2. The van der Waals surface area contributed by atoms with Gasteiger partial charge in [0.05, 0.1) is 15.7 Å². The highest BCUT2D eigenvalue weighted by molar-refractivity contribution is 7.86. The lowest BCUT2D eigenvalue weighted by atomic mass is 9.48. The molecule has 1 aromatic rings. The number of rotatable bonds is 10. The molecule has 0 aromatic heterocycles. The van der Waals surface area contributed by atoms with Gasteiger partial charge in [0.15, 0.2) is 0 Å².